The van der Waals surface area contributed by atoms with E-state index in [4.69, 9.17) is 9.26 Å². The lowest BCUT2D eigenvalue weighted by molar-refractivity contribution is 0.286. The second-order valence-corrected chi connectivity index (χ2v) is 8.07. The van der Waals surface area contributed by atoms with Crippen molar-refractivity contribution in [2.24, 2.45) is 0 Å². The summed E-state index contributed by atoms with van der Waals surface area (Å²) in [4.78, 5) is 0. The molecule has 2 heterocycles. The van der Waals surface area contributed by atoms with Crippen molar-refractivity contribution >= 4 is 12.2 Å². The van der Waals surface area contributed by atoms with Crippen molar-refractivity contribution < 1.29 is 9.26 Å². The minimum atomic E-state index is 0.0389. The van der Waals surface area contributed by atoms with Gasteiger partial charge in [-0.3, -0.25) is 0 Å². The summed E-state index contributed by atoms with van der Waals surface area (Å²) < 4.78 is 11.3. The average Bonchev–Trinajstić information content (AvgIpc) is 2.99. The quantitative estimate of drug-likeness (QED) is 0.772. The van der Waals surface area contributed by atoms with Gasteiger partial charge in [0.05, 0.1) is 12.3 Å². The number of aryl methyl sites for hydroxylation is 1. The van der Waals surface area contributed by atoms with Crippen molar-refractivity contribution in [3.05, 3.63) is 46.3 Å². The van der Waals surface area contributed by atoms with Crippen LogP contribution in [0.2, 0.25) is 0 Å². The molecule has 122 valence electrons. The summed E-state index contributed by atoms with van der Waals surface area (Å²) in [5, 5.41) is 3.92. The maximum atomic E-state index is 6.04. The number of fused-ring (bicyclic) bond motifs is 1. The van der Waals surface area contributed by atoms with Gasteiger partial charge < -0.3 is 9.26 Å². The van der Waals surface area contributed by atoms with Crippen LogP contribution in [-0.4, -0.2) is 11.8 Å². The molecule has 0 fully saturated rings. The molecule has 1 aliphatic rings. The van der Waals surface area contributed by atoms with Crippen molar-refractivity contribution in [1.29, 1.82) is 0 Å². The fourth-order valence-electron chi connectivity index (χ4n) is 2.93. The predicted octanol–water partition coefficient (Wildman–Crippen LogP) is 5.12. The third-order valence-electron chi connectivity index (χ3n) is 4.31. The molecule has 1 aliphatic heterocycles. The summed E-state index contributed by atoms with van der Waals surface area (Å²) in [7, 11) is 0. The molecule has 0 bridgehead atoms. The van der Waals surface area contributed by atoms with Gasteiger partial charge in [0.25, 0.3) is 0 Å². The summed E-state index contributed by atoms with van der Waals surface area (Å²) >= 11 is 0. The van der Waals surface area contributed by atoms with Crippen LogP contribution in [0.4, 0.5) is 0 Å². The van der Waals surface area contributed by atoms with Gasteiger partial charge in [0.1, 0.15) is 5.75 Å². The summed E-state index contributed by atoms with van der Waals surface area (Å²) in [5.74, 6) is 1.84. The van der Waals surface area contributed by atoms with Gasteiger partial charge in [-0.1, -0.05) is 45.9 Å². The molecule has 0 radical (unpaired) electrons. The topological polar surface area (TPSA) is 35.3 Å². The van der Waals surface area contributed by atoms with Crippen LogP contribution in [0.3, 0.4) is 0 Å². The van der Waals surface area contributed by atoms with E-state index in [0.29, 0.717) is 0 Å². The van der Waals surface area contributed by atoms with E-state index < -0.39 is 0 Å². The number of ether oxygens (including phenoxy) is 1. The van der Waals surface area contributed by atoms with Crippen LogP contribution >= 0.6 is 0 Å². The molecule has 1 aromatic heterocycles. The van der Waals surface area contributed by atoms with Gasteiger partial charge in [0, 0.05) is 22.6 Å². The van der Waals surface area contributed by atoms with Crippen LogP contribution in [0, 0.1) is 6.92 Å². The number of nitrogens with zero attached hydrogens (tertiary/aromatic N) is 1. The van der Waals surface area contributed by atoms with E-state index in [0.717, 1.165) is 23.8 Å². The molecular weight excluding hydrogens is 286 g/mol. The number of rotatable bonds is 2. The molecule has 0 amide bonds. The maximum Gasteiger partial charge on any atom is 0.159 e. The zero-order valence-electron chi connectivity index (χ0n) is 14.9. The molecule has 0 unspecified atom stereocenters. The Morgan fingerprint density at radius 1 is 1.13 bits per heavy atom. The summed E-state index contributed by atoms with van der Waals surface area (Å²) in [6, 6.07) is 6.39. The number of hydrogen-bond donors (Lipinski definition) is 0. The highest BCUT2D eigenvalue weighted by Gasteiger charge is 2.36. The van der Waals surface area contributed by atoms with Gasteiger partial charge in [-0.15, -0.1) is 0 Å². The third-order valence-corrected chi connectivity index (χ3v) is 4.31. The van der Waals surface area contributed by atoms with Gasteiger partial charge >= 0.3 is 0 Å². The molecular formula is C20H25NO2. The highest BCUT2D eigenvalue weighted by atomic mass is 16.5. The Labute approximate surface area is 138 Å². The van der Waals surface area contributed by atoms with E-state index in [1.54, 1.807) is 0 Å². The Morgan fingerprint density at radius 2 is 1.87 bits per heavy atom. The zero-order chi connectivity index (χ0) is 16.8. The Balaban J connectivity index is 2.07. The van der Waals surface area contributed by atoms with Gasteiger partial charge in [-0.05, 0) is 36.1 Å². The predicted molar refractivity (Wildman–Crippen MR) is 93.8 cm³/mol. The molecule has 3 heteroatoms. The van der Waals surface area contributed by atoms with Crippen LogP contribution in [0.5, 0.6) is 5.75 Å². The first-order chi connectivity index (χ1) is 10.7. The Morgan fingerprint density at radius 3 is 2.48 bits per heavy atom. The molecule has 1 aromatic carbocycles. The summed E-state index contributed by atoms with van der Waals surface area (Å²) in [6.07, 6.45) is 4.06. The van der Waals surface area contributed by atoms with Gasteiger partial charge in [-0.2, -0.15) is 0 Å². The zero-order valence-corrected chi connectivity index (χ0v) is 14.9. The monoisotopic (exact) mass is 311 g/mol. The lowest BCUT2D eigenvalue weighted by atomic mass is 9.79. The first-order valence-corrected chi connectivity index (χ1v) is 8.10. The minimum absolute atomic E-state index is 0.0389. The molecule has 23 heavy (non-hydrogen) atoms. The molecule has 0 saturated heterocycles. The van der Waals surface area contributed by atoms with Gasteiger partial charge in [0.15, 0.2) is 5.76 Å². The van der Waals surface area contributed by atoms with E-state index >= 15 is 0 Å². The molecule has 2 aromatic rings. The summed E-state index contributed by atoms with van der Waals surface area (Å²) in [5.41, 5.74) is 4.69. The second kappa shape index (κ2) is 5.26. The Kier molecular flexibility index (Phi) is 3.62. The fourth-order valence-corrected chi connectivity index (χ4v) is 2.93. The minimum Gasteiger partial charge on any atom is -0.492 e. The fraction of sp³-hybridized carbons (Fsp3) is 0.450. The lowest BCUT2D eigenvalue weighted by Gasteiger charge is -2.23. The van der Waals surface area contributed by atoms with Crippen molar-refractivity contribution in [1.82, 2.24) is 5.16 Å². The van der Waals surface area contributed by atoms with E-state index in [1.165, 1.54) is 16.7 Å². The normalized spacial score (nSPS) is 16.6. The van der Waals surface area contributed by atoms with Crippen molar-refractivity contribution in [2.45, 2.75) is 52.4 Å². The van der Waals surface area contributed by atoms with E-state index in [1.807, 2.05) is 19.1 Å². The van der Waals surface area contributed by atoms with Crippen molar-refractivity contribution in [2.75, 3.05) is 6.61 Å². The second-order valence-electron chi connectivity index (χ2n) is 8.07. The molecule has 0 N–H and O–H groups in total. The van der Waals surface area contributed by atoms with E-state index in [2.05, 4.69) is 58.0 Å². The standard InChI is InChI=1S/C20H25NO2/c1-13-9-15(23-21-13)8-7-14-10-16(19(2,3)4)18-17(11-14)20(5,6)12-22-18/h7-11H,12H2,1-6H3/b8-7+. The third kappa shape index (κ3) is 3.05. The maximum absolute atomic E-state index is 6.04. The van der Waals surface area contributed by atoms with Crippen LogP contribution in [0.15, 0.2) is 22.7 Å². The average molecular weight is 311 g/mol. The Bertz CT molecular complexity index is 760. The van der Waals surface area contributed by atoms with E-state index in [-0.39, 0.29) is 10.8 Å². The SMILES string of the molecule is Cc1cc(/C=C/c2cc(C(C)(C)C)c3c(c2)C(C)(C)CO3)on1. The highest BCUT2D eigenvalue weighted by Crippen LogP contribution is 2.45. The first kappa shape index (κ1) is 15.9. The number of aromatic nitrogens is 1. The first-order valence-electron chi connectivity index (χ1n) is 8.10. The number of benzene rings is 1. The van der Waals surface area contributed by atoms with Crippen molar-refractivity contribution in [3.63, 3.8) is 0 Å². The number of hydrogen-bond acceptors (Lipinski definition) is 3. The van der Waals surface area contributed by atoms with Crippen LogP contribution in [-0.2, 0) is 10.8 Å². The van der Waals surface area contributed by atoms with Crippen LogP contribution in [0.1, 0.15) is 62.8 Å². The highest BCUT2D eigenvalue weighted by molar-refractivity contribution is 5.70. The van der Waals surface area contributed by atoms with Gasteiger partial charge in [0.2, 0.25) is 0 Å². The molecule has 3 nitrogen and oxygen atoms in total. The largest absolute Gasteiger partial charge is 0.492 e. The molecule has 0 spiro atoms. The molecule has 0 aliphatic carbocycles. The molecule has 0 saturated carbocycles. The van der Waals surface area contributed by atoms with Crippen LogP contribution in [0.25, 0.3) is 12.2 Å². The Hall–Kier alpha value is -2.03. The molecule has 3 rings (SSSR count). The smallest absolute Gasteiger partial charge is 0.159 e. The van der Waals surface area contributed by atoms with Crippen LogP contribution < -0.4 is 4.74 Å². The summed E-state index contributed by atoms with van der Waals surface area (Å²) in [6.45, 7) is 13.8. The van der Waals surface area contributed by atoms with Gasteiger partial charge in [-0.25, -0.2) is 0 Å². The lowest BCUT2D eigenvalue weighted by Crippen LogP contribution is -2.18. The van der Waals surface area contributed by atoms with Crippen molar-refractivity contribution in [3.8, 4) is 5.75 Å². The molecule has 0 atom stereocenters. The van der Waals surface area contributed by atoms with E-state index in [9.17, 15) is 0 Å².